The molecule has 9 heteroatoms. The molecule has 3 aromatic rings. The van der Waals surface area contributed by atoms with Crippen LogP contribution in [-0.2, 0) is 9.59 Å². The Morgan fingerprint density at radius 3 is 2.32 bits per heavy atom. The third-order valence-electron chi connectivity index (χ3n) is 4.11. The van der Waals surface area contributed by atoms with Gasteiger partial charge in [0.25, 0.3) is 0 Å². The molecule has 3 rings (SSSR count). The molecule has 2 amide bonds. The first-order valence-electron chi connectivity index (χ1n) is 9.13. The topological polar surface area (TPSA) is 108 Å². The standard InChI is InChI=1S/C22H18ClN3O4S/c23-16-4-5-19(18(11-16)22(29)30)26-21(28)13-31-12-20(27)25-17-3-1-2-15(10-17)14-6-8-24-9-7-14/h1-11H,12-13H2,(H,25,27)(H,26,28)(H,29,30). The van der Waals surface area contributed by atoms with Gasteiger partial charge in [-0.3, -0.25) is 14.6 Å². The zero-order valence-electron chi connectivity index (χ0n) is 16.2. The van der Waals surface area contributed by atoms with Gasteiger partial charge in [-0.1, -0.05) is 23.7 Å². The molecule has 0 saturated heterocycles. The molecule has 7 nitrogen and oxygen atoms in total. The first-order valence-corrected chi connectivity index (χ1v) is 10.7. The molecule has 158 valence electrons. The highest BCUT2D eigenvalue weighted by atomic mass is 35.5. The summed E-state index contributed by atoms with van der Waals surface area (Å²) >= 11 is 6.92. The largest absolute Gasteiger partial charge is 0.478 e. The van der Waals surface area contributed by atoms with Crippen molar-refractivity contribution in [1.29, 1.82) is 0 Å². The van der Waals surface area contributed by atoms with E-state index in [-0.39, 0.29) is 33.7 Å². The summed E-state index contributed by atoms with van der Waals surface area (Å²) < 4.78 is 0. The summed E-state index contributed by atoms with van der Waals surface area (Å²) in [6.45, 7) is 0. The van der Waals surface area contributed by atoms with Crippen molar-refractivity contribution in [1.82, 2.24) is 4.98 Å². The summed E-state index contributed by atoms with van der Waals surface area (Å²) in [5.74, 6) is -1.80. The van der Waals surface area contributed by atoms with Gasteiger partial charge in [0.2, 0.25) is 11.8 Å². The number of nitrogens with zero attached hydrogens (tertiary/aromatic N) is 1. The second-order valence-corrected chi connectivity index (χ2v) is 7.82. The van der Waals surface area contributed by atoms with Gasteiger partial charge in [-0.05, 0) is 53.6 Å². The number of carboxylic acids is 1. The minimum atomic E-state index is -1.20. The van der Waals surface area contributed by atoms with Gasteiger partial charge in [-0.2, -0.15) is 0 Å². The van der Waals surface area contributed by atoms with Crippen LogP contribution in [0.15, 0.2) is 67.0 Å². The minimum Gasteiger partial charge on any atom is -0.478 e. The summed E-state index contributed by atoms with van der Waals surface area (Å²) in [6, 6.07) is 15.4. The Kier molecular flexibility index (Phi) is 7.64. The first-order chi connectivity index (χ1) is 14.9. The number of carbonyl (C=O) groups is 3. The van der Waals surface area contributed by atoms with E-state index in [1.54, 1.807) is 18.5 Å². The average molecular weight is 456 g/mol. The summed E-state index contributed by atoms with van der Waals surface area (Å²) in [5.41, 5.74) is 2.64. The van der Waals surface area contributed by atoms with E-state index in [4.69, 9.17) is 11.6 Å². The van der Waals surface area contributed by atoms with Crippen LogP contribution in [0.3, 0.4) is 0 Å². The third kappa shape index (κ3) is 6.56. The molecule has 3 N–H and O–H groups in total. The van der Waals surface area contributed by atoms with Crippen LogP contribution >= 0.6 is 23.4 Å². The van der Waals surface area contributed by atoms with E-state index in [1.807, 2.05) is 30.3 Å². The quantitative estimate of drug-likeness (QED) is 0.464. The summed E-state index contributed by atoms with van der Waals surface area (Å²) in [5, 5.41) is 14.8. The fraction of sp³-hybridized carbons (Fsp3) is 0.0909. The van der Waals surface area contributed by atoms with E-state index in [0.29, 0.717) is 5.69 Å². The number of benzene rings is 2. The molecule has 0 spiro atoms. The summed E-state index contributed by atoms with van der Waals surface area (Å²) in [6.07, 6.45) is 3.40. The van der Waals surface area contributed by atoms with E-state index in [9.17, 15) is 19.5 Å². The number of aromatic carboxylic acids is 1. The highest BCUT2D eigenvalue weighted by Crippen LogP contribution is 2.23. The SMILES string of the molecule is O=C(CSCC(=O)Nc1ccc(Cl)cc1C(=O)O)Nc1cccc(-c2ccncc2)c1. The highest BCUT2D eigenvalue weighted by Gasteiger charge is 2.14. The second-order valence-electron chi connectivity index (χ2n) is 6.40. The molecule has 1 heterocycles. The van der Waals surface area contributed by atoms with Crippen LogP contribution in [0.1, 0.15) is 10.4 Å². The van der Waals surface area contributed by atoms with Gasteiger partial charge in [0.15, 0.2) is 0 Å². The molecule has 2 aromatic carbocycles. The zero-order valence-corrected chi connectivity index (χ0v) is 17.7. The van der Waals surface area contributed by atoms with Gasteiger partial charge in [0, 0.05) is 23.1 Å². The number of carboxylic acid groups (broad SMARTS) is 1. The zero-order chi connectivity index (χ0) is 22.2. The number of halogens is 1. The minimum absolute atomic E-state index is 0.00778. The predicted molar refractivity (Wildman–Crippen MR) is 123 cm³/mol. The Labute approximate surface area is 187 Å². The summed E-state index contributed by atoms with van der Waals surface area (Å²) in [4.78, 5) is 39.6. The van der Waals surface area contributed by atoms with E-state index in [1.165, 1.54) is 18.2 Å². The van der Waals surface area contributed by atoms with E-state index in [0.717, 1.165) is 22.9 Å². The second kappa shape index (κ2) is 10.6. The first kappa shape index (κ1) is 22.3. The van der Waals surface area contributed by atoms with Crippen LogP contribution < -0.4 is 10.6 Å². The van der Waals surface area contributed by atoms with Crippen molar-refractivity contribution in [2.45, 2.75) is 0 Å². The van der Waals surface area contributed by atoms with Crippen molar-refractivity contribution in [3.8, 4) is 11.1 Å². The Hall–Kier alpha value is -3.36. The molecular weight excluding hydrogens is 438 g/mol. The van der Waals surface area contributed by atoms with Crippen LogP contribution in [0.4, 0.5) is 11.4 Å². The van der Waals surface area contributed by atoms with Gasteiger partial charge in [0.1, 0.15) is 0 Å². The van der Waals surface area contributed by atoms with Crippen molar-refractivity contribution >= 4 is 52.5 Å². The molecule has 0 saturated carbocycles. The molecule has 0 radical (unpaired) electrons. The van der Waals surface area contributed by atoms with Crippen LogP contribution in [0.5, 0.6) is 0 Å². The number of aromatic nitrogens is 1. The maximum atomic E-state index is 12.2. The number of carbonyl (C=O) groups excluding carboxylic acids is 2. The predicted octanol–water partition coefficient (Wildman–Crippen LogP) is 4.41. The van der Waals surface area contributed by atoms with Crippen molar-refractivity contribution < 1.29 is 19.5 Å². The van der Waals surface area contributed by atoms with Gasteiger partial charge < -0.3 is 15.7 Å². The molecular formula is C22H18ClN3O4S. The fourth-order valence-corrected chi connectivity index (χ4v) is 3.53. The van der Waals surface area contributed by atoms with Crippen molar-refractivity contribution in [2.24, 2.45) is 0 Å². The van der Waals surface area contributed by atoms with Crippen LogP contribution in [0, 0.1) is 0 Å². The number of pyridine rings is 1. The molecule has 0 aliphatic heterocycles. The van der Waals surface area contributed by atoms with Crippen LogP contribution in [0.25, 0.3) is 11.1 Å². The Balaban J connectivity index is 1.50. The maximum Gasteiger partial charge on any atom is 0.337 e. The molecule has 31 heavy (non-hydrogen) atoms. The third-order valence-corrected chi connectivity index (χ3v) is 5.28. The molecule has 0 fully saturated rings. The van der Waals surface area contributed by atoms with Gasteiger partial charge in [0.05, 0.1) is 22.8 Å². The van der Waals surface area contributed by atoms with Crippen molar-refractivity contribution in [3.63, 3.8) is 0 Å². The number of hydrogen-bond acceptors (Lipinski definition) is 5. The molecule has 0 atom stereocenters. The molecule has 0 aliphatic rings. The fourth-order valence-electron chi connectivity index (χ4n) is 2.74. The van der Waals surface area contributed by atoms with E-state index in [2.05, 4.69) is 15.6 Å². The number of rotatable bonds is 8. The van der Waals surface area contributed by atoms with Gasteiger partial charge >= 0.3 is 5.97 Å². The molecule has 0 bridgehead atoms. The lowest BCUT2D eigenvalue weighted by Gasteiger charge is -2.09. The number of thioether (sulfide) groups is 1. The Morgan fingerprint density at radius 2 is 1.61 bits per heavy atom. The van der Waals surface area contributed by atoms with Gasteiger partial charge in [-0.15, -0.1) is 11.8 Å². The molecule has 0 unspecified atom stereocenters. The monoisotopic (exact) mass is 455 g/mol. The number of hydrogen-bond donors (Lipinski definition) is 3. The Morgan fingerprint density at radius 1 is 0.903 bits per heavy atom. The number of amides is 2. The van der Waals surface area contributed by atoms with Crippen LogP contribution in [-0.4, -0.2) is 39.4 Å². The summed E-state index contributed by atoms with van der Waals surface area (Å²) in [7, 11) is 0. The van der Waals surface area contributed by atoms with Gasteiger partial charge in [-0.25, -0.2) is 4.79 Å². The molecule has 0 aliphatic carbocycles. The normalized spacial score (nSPS) is 10.4. The number of nitrogens with one attached hydrogen (secondary N) is 2. The van der Waals surface area contributed by atoms with E-state index >= 15 is 0 Å². The van der Waals surface area contributed by atoms with Crippen molar-refractivity contribution in [2.75, 3.05) is 22.1 Å². The lowest BCUT2D eigenvalue weighted by Crippen LogP contribution is -2.19. The van der Waals surface area contributed by atoms with Crippen molar-refractivity contribution in [3.05, 3.63) is 77.6 Å². The van der Waals surface area contributed by atoms with Crippen LogP contribution in [0.2, 0.25) is 5.02 Å². The average Bonchev–Trinajstić information content (AvgIpc) is 2.75. The lowest BCUT2D eigenvalue weighted by atomic mass is 10.1. The Bertz CT molecular complexity index is 1110. The number of anilines is 2. The van der Waals surface area contributed by atoms with E-state index < -0.39 is 11.9 Å². The smallest absolute Gasteiger partial charge is 0.337 e. The maximum absolute atomic E-state index is 12.2. The highest BCUT2D eigenvalue weighted by molar-refractivity contribution is 8.00. The lowest BCUT2D eigenvalue weighted by molar-refractivity contribution is -0.114. The molecule has 1 aromatic heterocycles.